The number of para-hydroxylation sites is 2. The van der Waals surface area contributed by atoms with Crippen LogP contribution in [0.25, 0.3) is 5.82 Å². The van der Waals surface area contributed by atoms with Crippen molar-refractivity contribution < 1.29 is 0 Å². The number of nitrogens with one attached hydrogen (secondary N) is 1. The van der Waals surface area contributed by atoms with Crippen molar-refractivity contribution in [2.75, 3.05) is 10.2 Å². The van der Waals surface area contributed by atoms with Crippen molar-refractivity contribution >= 4 is 34.6 Å². The summed E-state index contributed by atoms with van der Waals surface area (Å²) in [7, 11) is 0. The highest BCUT2D eigenvalue weighted by molar-refractivity contribution is 6.51. The standard InChI is InChI=1S/C36H35N7/c1-22-14-19-27(21-23(22)2)38-33-35-40-34-31(24(3)41-43(34)30-13-9-10-20-37-30)32(25-15-17-26(18-16-25)36(4,5)6)42(35)29-12-8-7-11-28(29)39-33/h7-21,32H,1-6H3,(H,38,39)/t32-/m0/s1. The Morgan fingerprint density at radius 2 is 1.56 bits per heavy atom. The van der Waals surface area contributed by atoms with Crippen molar-refractivity contribution in [2.45, 2.75) is 53.0 Å². The molecule has 0 amide bonds. The van der Waals surface area contributed by atoms with Crippen LogP contribution in [0.15, 0.2) is 101 Å². The number of aliphatic imine (C=N–C) groups is 2. The predicted molar refractivity (Wildman–Crippen MR) is 176 cm³/mol. The number of aromatic nitrogens is 3. The number of rotatable bonds is 3. The fraction of sp³-hybridized carbons (Fsp3) is 0.222. The van der Waals surface area contributed by atoms with E-state index in [-0.39, 0.29) is 11.5 Å². The molecule has 3 aromatic carbocycles. The number of hydrogen-bond donors (Lipinski definition) is 1. The lowest BCUT2D eigenvalue weighted by Gasteiger charge is -2.40. The second kappa shape index (κ2) is 10.1. The molecule has 7 heteroatoms. The zero-order chi connectivity index (χ0) is 29.9. The summed E-state index contributed by atoms with van der Waals surface area (Å²) in [5.74, 6) is 2.92. The molecular weight excluding hydrogens is 530 g/mol. The number of pyridine rings is 1. The molecule has 0 saturated heterocycles. The largest absolute Gasteiger partial charge is 0.337 e. The minimum absolute atomic E-state index is 0.0519. The number of aryl methyl sites for hydroxylation is 3. The van der Waals surface area contributed by atoms with E-state index < -0.39 is 0 Å². The third-order valence-corrected chi connectivity index (χ3v) is 8.37. The van der Waals surface area contributed by atoms with Gasteiger partial charge in [0.05, 0.1) is 23.1 Å². The van der Waals surface area contributed by atoms with Gasteiger partial charge in [0.2, 0.25) is 0 Å². The SMILES string of the molecule is Cc1ccc(NC2=Nc3ccccc3N3C2=Nc2c(c(C)nn2-c2ccccn2)[C@@H]3c2ccc(C(C)(C)C)cc2)cc1C. The highest BCUT2D eigenvalue weighted by Crippen LogP contribution is 2.48. The van der Waals surface area contributed by atoms with Gasteiger partial charge in [-0.15, -0.1) is 0 Å². The van der Waals surface area contributed by atoms with Crippen molar-refractivity contribution in [3.63, 3.8) is 0 Å². The Hall–Kier alpha value is -5.04. The van der Waals surface area contributed by atoms with E-state index in [9.17, 15) is 0 Å². The highest BCUT2D eigenvalue weighted by atomic mass is 15.4. The Kier molecular flexibility index (Phi) is 6.27. The van der Waals surface area contributed by atoms with Crippen molar-refractivity contribution in [1.29, 1.82) is 0 Å². The molecule has 0 bridgehead atoms. The number of amidine groups is 2. The molecule has 5 aromatic rings. The van der Waals surface area contributed by atoms with Gasteiger partial charge in [-0.05, 0) is 84.8 Å². The third kappa shape index (κ3) is 4.61. The summed E-state index contributed by atoms with van der Waals surface area (Å²) in [5, 5.41) is 8.62. The molecule has 7 rings (SSSR count). The lowest BCUT2D eigenvalue weighted by molar-refractivity contribution is 0.589. The van der Waals surface area contributed by atoms with Gasteiger partial charge in [-0.3, -0.25) is 0 Å². The lowest BCUT2D eigenvalue weighted by atomic mass is 9.85. The summed E-state index contributed by atoms with van der Waals surface area (Å²) in [6, 6.07) is 29.3. The van der Waals surface area contributed by atoms with Crippen LogP contribution in [0.3, 0.4) is 0 Å². The maximum atomic E-state index is 5.32. The predicted octanol–water partition coefficient (Wildman–Crippen LogP) is 8.29. The molecule has 214 valence electrons. The van der Waals surface area contributed by atoms with E-state index in [1.807, 2.05) is 28.9 Å². The minimum Gasteiger partial charge on any atom is -0.337 e. The monoisotopic (exact) mass is 565 g/mol. The van der Waals surface area contributed by atoms with Crippen LogP contribution in [0.2, 0.25) is 0 Å². The Balaban J connectivity index is 1.47. The fourth-order valence-corrected chi connectivity index (χ4v) is 5.87. The Morgan fingerprint density at radius 3 is 2.28 bits per heavy atom. The van der Waals surface area contributed by atoms with Crippen LogP contribution in [-0.4, -0.2) is 26.4 Å². The van der Waals surface area contributed by atoms with E-state index in [4.69, 9.17) is 15.1 Å². The zero-order valence-corrected chi connectivity index (χ0v) is 25.4. The summed E-state index contributed by atoms with van der Waals surface area (Å²) in [6.07, 6.45) is 1.79. The number of anilines is 2. The number of hydrogen-bond acceptors (Lipinski definition) is 6. The van der Waals surface area contributed by atoms with Gasteiger partial charge in [0.25, 0.3) is 0 Å². The van der Waals surface area contributed by atoms with Crippen LogP contribution in [0, 0.1) is 20.8 Å². The topological polar surface area (TPSA) is 70.7 Å². The minimum atomic E-state index is -0.179. The molecule has 7 nitrogen and oxygen atoms in total. The first-order valence-corrected chi connectivity index (χ1v) is 14.7. The van der Waals surface area contributed by atoms with E-state index >= 15 is 0 Å². The first kappa shape index (κ1) is 26.8. The molecule has 2 aromatic heterocycles. The van der Waals surface area contributed by atoms with Gasteiger partial charge in [-0.25, -0.2) is 15.0 Å². The van der Waals surface area contributed by atoms with Gasteiger partial charge >= 0.3 is 0 Å². The Labute approximate surface area is 252 Å². The summed E-state index contributed by atoms with van der Waals surface area (Å²) >= 11 is 0. The maximum absolute atomic E-state index is 5.32. The van der Waals surface area contributed by atoms with Crippen LogP contribution >= 0.6 is 0 Å². The molecule has 1 atom stereocenters. The summed E-state index contributed by atoms with van der Waals surface area (Å²) in [6.45, 7) is 13.0. The van der Waals surface area contributed by atoms with E-state index in [2.05, 4.69) is 117 Å². The maximum Gasteiger partial charge on any atom is 0.179 e. The molecule has 4 heterocycles. The van der Waals surface area contributed by atoms with Crippen molar-refractivity contribution in [2.24, 2.45) is 9.98 Å². The molecule has 1 N–H and O–H groups in total. The van der Waals surface area contributed by atoms with Crippen LogP contribution in [0.1, 0.15) is 60.3 Å². The van der Waals surface area contributed by atoms with Gasteiger partial charge in [0.15, 0.2) is 23.3 Å². The molecule has 0 saturated carbocycles. The van der Waals surface area contributed by atoms with Crippen LogP contribution in [0.4, 0.5) is 22.9 Å². The van der Waals surface area contributed by atoms with Crippen LogP contribution in [-0.2, 0) is 5.41 Å². The quantitative estimate of drug-likeness (QED) is 0.239. The molecular formula is C36H35N7. The molecule has 0 spiro atoms. The molecule has 43 heavy (non-hydrogen) atoms. The molecule has 0 radical (unpaired) electrons. The number of fused-ring (bicyclic) bond motifs is 4. The molecule has 0 unspecified atom stereocenters. The zero-order valence-electron chi connectivity index (χ0n) is 25.4. The van der Waals surface area contributed by atoms with E-state index in [0.29, 0.717) is 5.84 Å². The third-order valence-electron chi connectivity index (χ3n) is 8.37. The number of benzene rings is 3. The molecule has 0 fully saturated rings. The normalized spacial score (nSPS) is 15.7. The Morgan fingerprint density at radius 1 is 0.791 bits per heavy atom. The summed E-state index contributed by atoms with van der Waals surface area (Å²) in [4.78, 5) is 17.4. The fourth-order valence-electron chi connectivity index (χ4n) is 5.87. The second-order valence-corrected chi connectivity index (χ2v) is 12.4. The van der Waals surface area contributed by atoms with Crippen molar-refractivity contribution in [3.8, 4) is 5.82 Å². The average Bonchev–Trinajstić information content (AvgIpc) is 3.34. The van der Waals surface area contributed by atoms with Gasteiger partial charge in [-0.2, -0.15) is 9.78 Å². The second-order valence-electron chi connectivity index (χ2n) is 12.4. The first-order chi connectivity index (χ1) is 20.7. The van der Waals surface area contributed by atoms with E-state index in [0.717, 1.165) is 51.4 Å². The highest BCUT2D eigenvalue weighted by Gasteiger charge is 2.41. The summed E-state index contributed by atoms with van der Waals surface area (Å²) < 4.78 is 1.86. The van der Waals surface area contributed by atoms with E-state index in [1.165, 1.54) is 16.7 Å². The van der Waals surface area contributed by atoms with Crippen molar-refractivity contribution in [3.05, 3.63) is 125 Å². The average molecular weight is 566 g/mol. The molecule has 2 aliphatic rings. The van der Waals surface area contributed by atoms with Gasteiger partial charge in [-0.1, -0.05) is 69.3 Å². The first-order valence-electron chi connectivity index (χ1n) is 14.7. The van der Waals surface area contributed by atoms with Gasteiger partial charge in [0.1, 0.15) is 0 Å². The Bertz CT molecular complexity index is 1910. The lowest BCUT2D eigenvalue weighted by Crippen LogP contribution is -2.46. The smallest absolute Gasteiger partial charge is 0.179 e. The molecule has 0 aliphatic carbocycles. The van der Waals surface area contributed by atoms with Gasteiger partial charge < -0.3 is 10.2 Å². The summed E-state index contributed by atoms with van der Waals surface area (Å²) in [5.41, 5.74) is 9.80. The van der Waals surface area contributed by atoms with E-state index in [1.54, 1.807) is 6.20 Å². The molecule has 2 aliphatic heterocycles. The van der Waals surface area contributed by atoms with Gasteiger partial charge in [0, 0.05) is 17.4 Å². The van der Waals surface area contributed by atoms with Crippen LogP contribution < -0.4 is 10.2 Å². The number of nitrogens with zero attached hydrogens (tertiary/aromatic N) is 6. The van der Waals surface area contributed by atoms with Crippen LogP contribution in [0.5, 0.6) is 0 Å². The van der Waals surface area contributed by atoms with Crippen molar-refractivity contribution in [1.82, 2.24) is 14.8 Å².